The number of hydrogen-bond donors (Lipinski definition) is 0. The van der Waals surface area contributed by atoms with Gasteiger partial charge >= 0.3 is 0 Å². The predicted octanol–water partition coefficient (Wildman–Crippen LogP) is 3.20. The molecule has 0 radical (unpaired) electrons. The van der Waals surface area contributed by atoms with E-state index in [0.29, 0.717) is 0 Å². The Morgan fingerprint density at radius 3 is 2.83 bits per heavy atom. The lowest BCUT2D eigenvalue weighted by atomic mass is 10.2. The second-order valence-corrected chi connectivity index (χ2v) is 3.18. The average molecular weight is 167 g/mol. The number of allylic oxidation sites excluding steroid dienone is 2. The van der Waals surface area contributed by atoms with Gasteiger partial charge in [0, 0.05) is 13.1 Å². The molecule has 0 bridgehead atoms. The lowest BCUT2D eigenvalue weighted by molar-refractivity contribution is 0.392. The third kappa shape index (κ3) is 3.61. The van der Waals surface area contributed by atoms with E-state index in [9.17, 15) is 0 Å². The molecule has 0 aliphatic carbocycles. The van der Waals surface area contributed by atoms with Crippen LogP contribution >= 0.6 is 0 Å². The summed E-state index contributed by atoms with van der Waals surface area (Å²) in [6.07, 6.45) is 9.09. The van der Waals surface area contributed by atoms with E-state index < -0.39 is 0 Å². The summed E-state index contributed by atoms with van der Waals surface area (Å²) in [6.45, 7) is 6.74. The Morgan fingerprint density at radius 2 is 2.25 bits per heavy atom. The number of unbranched alkanes of at least 4 members (excludes halogenated alkanes) is 1. The van der Waals surface area contributed by atoms with Crippen molar-refractivity contribution in [3.8, 4) is 0 Å². The van der Waals surface area contributed by atoms with Gasteiger partial charge in [0.1, 0.15) is 0 Å². The van der Waals surface area contributed by atoms with Crippen LogP contribution in [0.4, 0.5) is 0 Å². The topological polar surface area (TPSA) is 3.24 Å². The van der Waals surface area contributed by atoms with E-state index in [1.54, 1.807) is 0 Å². The Morgan fingerprint density at radius 1 is 1.50 bits per heavy atom. The van der Waals surface area contributed by atoms with Gasteiger partial charge in [-0.25, -0.2) is 0 Å². The van der Waals surface area contributed by atoms with Crippen molar-refractivity contribution in [2.24, 2.45) is 0 Å². The Balaban J connectivity index is 0.00000121. The first-order valence-electron chi connectivity index (χ1n) is 4.41. The summed E-state index contributed by atoms with van der Waals surface area (Å²) >= 11 is 0. The summed E-state index contributed by atoms with van der Waals surface area (Å²) in [4.78, 5) is 2.37. The molecule has 1 heterocycles. The van der Waals surface area contributed by atoms with Crippen molar-refractivity contribution < 1.29 is 0 Å². The predicted molar refractivity (Wildman–Crippen MR) is 56.1 cm³/mol. The van der Waals surface area contributed by atoms with Gasteiger partial charge in [0.25, 0.3) is 0 Å². The molecular weight excluding hydrogens is 146 g/mol. The van der Waals surface area contributed by atoms with Crippen LogP contribution in [0.1, 0.15) is 34.1 Å². The van der Waals surface area contributed by atoms with Crippen LogP contribution in [-0.2, 0) is 0 Å². The summed E-state index contributed by atoms with van der Waals surface area (Å²) in [5.41, 5.74) is 1.46. The van der Waals surface area contributed by atoms with Crippen LogP contribution in [0.25, 0.3) is 0 Å². The molecule has 0 unspecified atom stereocenters. The van der Waals surface area contributed by atoms with Gasteiger partial charge in [0.15, 0.2) is 0 Å². The average Bonchev–Trinajstić information content (AvgIpc) is 2.01. The van der Waals surface area contributed by atoms with Gasteiger partial charge in [-0.15, -0.1) is 0 Å². The zero-order valence-corrected chi connectivity index (χ0v) is 7.51. The van der Waals surface area contributed by atoms with Crippen LogP contribution in [0.2, 0.25) is 0 Å². The van der Waals surface area contributed by atoms with Gasteiger partial charge in [0.2, 0.25) is 0 Å². The highest BCUT2D eigenvalue weighted by Gasteiger charge is 2.01. The molecule has 0 saturated heterocycles. The smallest absolute Gasteiger partial charge is 0.0383 e. The van der Waals surface area contributed by atoms with Gasteiger partial charge in [0.05, 0.1) is 0 Å². The molecule has 1 rings (SSSR count). The Kier molecular flexibility index (Phi) is 5.52. The van der Waals surface area contributed by atoms with Crippen molar-refractivity contribution in [1.29, 1.82) is 0 Å². The van der Waals surface area contributed by atoms with E-state index >= 15 is 0 Å². The number of nitrogens with zero attached hydrogens (tertiary/aromatic N) is 1. The minimum Gasteiger partial charge on any atom is -0.373 e. The van der Waals surface area contributed by atoms with Crippen LogP contribution < -0.4 is 0 Å². The number of hydrogen-bond acceptors (Lipinski definition) is 1. The summed E-state index contributed by atoms with van der Waals surface area (Å²) in [7, 11) is 0. The van der Waals surface area contributed by atoms with Gasteiger partial charge < -0.3 is 4.90 Å². The van der Waals surface area contributed by atoms with Crippen LogP contribution in [0.15, 0.2) is 23.9 Å². The van der Waals surface area contributed by atoms with E-state index in [0.717, 1.165) is 6.54 Å². The SMILES string of the molecule is C.CCCCN1C=CC=C(C)C1. The van der Waals surface area contributed by atoms with Crippen molar-refractivity contribution >= 4 is 0 Å². The molecule has 0 aromatic heterocycles. The molecule has 12 heavy (non-hydrogen) atoms. The molecule has 1 heteroatoms. The molecule has 0 fully saturated rings. The first-order chi connectivity index (χ1) is 5.33. The van der Waals surface area contributed by atoms with Crippen molar-refractivity contribution in [1.82, 2.24) is 4.90 Å². The minimum atomic E-state index is 0. The van der Waals surface area contributed by atoms with Crippen molar-refractivity contribution in [3.63, 3.8) is 0 Å². The zero-order chi connectivity index (χ0) is 8.10. The van der Waals surface area contributed by atoms with Crippen molar-refractivity contribution in [2.75, 3.05) is 13.1 Å². The quantitative estimate of drug-likeness (QED) is 0.624. The molecule has 1 nitrogen and oxygen atoms in total. The lowest BCUT2D eigenvalue weighted by Crippen LogP contribution is -2.22. The highest BCUT2D eigenvalue weighted by molar-refractivity contribution is 5.16. The third-order valence-corrected chi connectivity index (χ3v) is 1.93. The monoisotopic (exact) mass is 167 g/mol. The lowest BCUT2D eigenvalue weighted by Gasteiger charge is -2.22. The second kappa shape index (κ2) is 5.87. The molecule has 0 atom stereocenters. The maximum Gasteiger partial charge on any atom is 0.0383 e. The van der Waals surface area contributed by atoms with E-state index in [2.05, 4.69) is 37.1 Å². The standard InChI is InChI=1S/C10H17N.CH4/c1-3-4-7-11-8-5-6-10(2)9-11;/h5-6,8H,3-4,7,9H2,1-2H3;1H4. The molecule has 70 valence electrons. The maximum atomic E-state index is 2.37. The summed E-state index contributed by atoms with van der Waals surface area (Å²) in [6, 6.07) is 0. The van der Waals surface area contributed by atoms with E-state index in [-0.39, 0.29) is 7.43 Å². The Hall–Kier alpha value is -0.720. The molecule has 0 saturated carbocycles. The van der Waals surface area contributed by atoms with E-state index in [1.165, 1.54) is 25.0 Å². The largest absolute Gasteiger partial charge is 0.373 e. The number of rotatable bonds is 3. The molecule has 0 aromatic carbocycles. The highest BCUT2D eigenvalue weighted by Crippen LogP contribution is 2.06. The molecule has 0 aromatic rings. The molecule has 1 aliphatic rings. The molecule has 0 spiro atoms. The molecule has 1 aliphatic heterocycles. The van der Waals surface area contributed by atoms with Gasteiger partial charge in [-0.05, 0) is 25.6 Å². The first kappa shape index (κ1) is 11.3. The maximum absolute atomic E-state index is 2.37. The molecular formula is C11H21N. The van der Waals surface area contributed by atoms with Gasteiger partial charge in [-0.3, -0.25) is 0 Å². The van der Waals surface area contributed by atoms with Crippen LogP contribution in [0.3, 0.4) is 0 Å². The normalized spacial score (nSPS) is 15.5. The molecule has 0 amide bonds. The van der Waals surface area contributed by atoms with Crippen molar-refractivity contribution in [2.45, 2.75) is 34.1 Å². The van der Waals surface area contributed by atoms with Gasteiger partial charge in [-0.2, -0.15) is 0 Å². The minimum absolute atomic E-state index is 0. The summed E-state index contributed by atoms with van der Waals surface area (Å²) < 4.78 is 0. The third-order valence-electron chi connectivity index (χ3n) is 1.93. The van der Waals surface area contributed by atoms with E-state index in [4.69, 9.17) is 0 Å². The fourth-order valence-electron chi connectivity index (χ4n) is 1.27. The van der Waals surface area contributed by atoms with Crippen molar-refractivity contribution in [3.05, 3.63) is 23.9 Å². The first-order valence-corrected chi connectivity index (χ1v) is 4.41. The van der Waals surface area contributed by atoms with Crippen LogP contribution in [0.5, 0.6) is 0 Å². The van der Waals surface area contributed by atoms with Crippen LogP contribution in [0, 0.1) is 0 Å². The second-order valence-electron chi connectivity index (χ2n) is 3.18. The summed E-state index contributed by atoms with van der Waals surface area (Å²) in [5.74, 6) is 0. The van der Waals surface area contributed by atoms with Gasteiger partial charge in [-0.1, -0.05) is 32.4 Å². The zero-order valence-electron chi connectivity index (χ0n) is 7.51. The van der Waals surface area contributed by atoms with E-state index in [1.807, 2.05) is 0 Å². The van der Waals surface area contributed by atoms with Crippen LogP contribution in [-0.4, -0.2) is 18.0 Å². The fraction of sp³-hybridized carbons (Fsp3) is 0.636. The highest BCUT2D eigenvalue weighted by atomic mass is 15.1. The Labute approximate surface area is 76.8 Å². The summed E-state index contributed by atoms with van der Waals surface area (Å²) in [5, 5.41) is 0. The fourth-order valence-corrected chi connectivity index (χ4v) is 1.27. The Bertz CT molecular complexity index is 168. The molecule has 0 N–H and O–H groups in total.